The van der Waals surface area contributed by atoms with E-state index in [0.29, 0.717) is 11.8 Å². The summed E-state index contributed by atoms with van der Waals surface area (Å²) in [5, 5.41) is 3.55. The van der Waals surface area contributed by atoms with Crippen molar-refractivity contribution in [3.05, 3.63) is 77.6 Å². The van der Waals surface area contributed by atoms with Crippen LogP contribution in [0.3, 0.4) is 0 Å². The molecule has 0 saturated carbocycles. The van der Waals surface area contributed by atoms with E-state index in [0.717, 1.165) is 17.7 Å². The van der Waals surface area contributed by atoms with Crippen molar-refractivity contribution >= 4 is 5.69 Å². The number of para-hydroxylation sites is 1. The Bertz CT molecular complexity index is 677. The Labute approximate surface area is 118 Å². The molecule has 2 heteroatoms. The standard InChI is InChI=1S/C18H16FN/c19-16-10-3-1-7-15(16)18-14-9-5-8-12(14)13-6-2-4-11-17(13)20-18/h1-8,10-12,14,18,20H,9H2/t12-,14-,18+/m0/s1. The predicted octanol–water partition coefficient (Wildman–Crippen LogP) is 4.65. The Morgan fingerprint density at radius 1 is 0.950 bits per heavy atom. The minimum absolute atomic E-state index is 0.0473. The van der Waals surface area contributed by atoms with Gasteiger partial charge in [0.2, 0.25) is 0 Å². The van der Waals surface area contributed by atoms with Crippen LogP contribution in [0.25, 0.3) is 0 Å². The van der Waals surface area contributed by atoms with Crippen LogP contribution in [-0.4, -0.2) is 0 Å². The van der Waals surface area contributed by atoms with Gasteiger partial charge >= 0.3 is 0 Å². The monoisotopic (exact) mass is 265 g/mol. The third-order valence-electron chi connectivity index (χ3n) is 4.51. The number of nitrogens with one attached hydrogen (secondary N) is 1. The number of rotatable bonds is 1. The van der Waals surface area contributed by atoms with E-state index in [-0.39, 0.29) is 11.9 Å². The molecule has 2 aromatic rings. The third-order valence-corrected chi connectivity index (χ3v) is 4.51. The van der Waals surface area contributed by atoms with Gasteiger partial charge < -0.3 is 5.32 Å². The molecule has 0 saturated heterocycles. The average Bonchev–Trinajstić information content (AvgIpc) is 2.97. The van der Waals surface area contributed by atoms with Crippen molar-refractivity contribution in [1.82, 2.24) is 0 Å². The van der Waals surface area contributed by atoms with Gasteiger partial charge in [0.15, 0.2) is 0 Å². The Kier molecular flexibility index (Phi) is 2.62. The zero-order valence-corrected chi connectivity index (χ0v) is 11.1. The molecule has 1 nitrogen and oxygen atoms in total. The number of fused-ring (bicyclic) bond motifs is 3. The first-order chi connectivity index (χ1) is 9.84. The quantitative estimate of drug-likeness (QED) is 0.740. The highest BCUT2D eigenvalue weighted by atomic mass is 19.1. The first-order valence-electron chi connectivity index (χ1n) is 7.11. The van der Waals surface area contributed by atoms with E-state index in [1.54, 1.807) is 12.1 Å². The van der Waals surface area contributed by atoms with Crippen molar-refractivity contribution in [2.75, 3.05) is 5.32 Å². The molecule has 0 aromatic heterocycles. The fraction of sp³-hybridized carbons (Fsp3) is 0.222. The molecule has 0 amide bonds. The van der Waals surface area contributed by atoms with Crippen molar-refractivity contribution < 1.29 is 4.39 Å². The van der Waals surface area contributed by atoms with Gasteiger partial charge in [0.05, 0.1) is 6.04 Å². The lowest BCUT2D eigenvalue weighted by atomic mass is 9.77. The molecule has 2 aliphatic rings. The SMILES string of the molecule is Fc1ccccc1[C@@H]1Nc2ccccc2[C@@H]2C=CC[C@@H]21. The number of hydrogen-bond acceptors (Lipinski definition) is 1. The second-order valence-corrected chi connectivity index (χ2v) is 5.58. The van der Waals surface area contributed by atoms with Gasteiger partial charge in [0.1, 0.15) is 5.82 Å². The number of benzene rings is 2. The van der Waals surface area contributed by atoms with E-state index in [4.69, 9.17) is 0 Å². The highest BCUT2D eigenvalue weighted by molar-refractivity contribution is 5.59. The maximum atomic E-state index is 14.1. The van der Waals surface area contributed by atoms with Crippen molar-refractivity contribution in [2.24, 2.45) is 5.92 Å². The molecule has 0 bridgehead atoms. The molecule has 3 atom stereocenters. The van der Waals surface area contributed by atoms with Gasteiger partial charge in [-0.3, -0.25) is 0 Å². The van der Waals surface area contributed by atoms with Gasteiger partial charge in [-0.15, -0.1) is 0 Å². The molecule has 1 aliphatic carbocycles. The highest BCUT2D eigenvalue weighted by Gasteiger charge is 2.38. The lowest BCUT2D eigenvalue weighted by molar-refractivity contribution is 0.413. The molecule has 0 radical (unpaired) electrons. The van der Waals surface area contributed by atoms with Gasteiger partial charge in [0.25, 0.3) is 0 Å². The number of allylic oxidation sites excluding steroid dienone is 2. The lowest BCUT2D eigenvalue weighted by Gasteiger charge is -2.37. The van der Waals surface area contributed by atoms with Crippen LogP contribution in [0.15, 0.2) is 60.7 Å². The maximum absolute atomic E-state index is 14.1. The number of halogens is 1. The fourth-order valence-corrected chi connectivity index (χ4v) is 3.58. The zero-order valence-electron chi connectivity index (χ0n) is 11.1. The third kappa shape index (κ3) is 1.68. The Balaban J connectivity index is 1.82. The van der Waals surface area contributed by atoms with Gasteiger partial charge in [-0.2, -0.15) is 0 Å². The molecule has 4 rings (SSSR count). The van der Waals surface area contributed by atoms with E-state index in [1.807, 2.05) is 18.2 Å². The van der Waals surface area contributed by atoms with Crippen LogP contribution in [0.5, 0.6) is 0 Å². The summed E-state index contributed by atoms with van der Waals surface area (Å²) in [6.07, 6.45) is 5.51. The molecule has 0 unspecified atom stereocenters. The van der Waals surface area contributed by atoms with Crippen LogP contribution < -0.4 is 5.32 Å². The van der Waals surface area contributed by atoms with Gasteiger partial charge in [-0.05, 0) is 30.0 Å². The summed E-state index contributed by atoms with van der Waals surface area (Å²) in [5.74, 6) is 0.689. The van der Waals surface area contributed by atoms with Crippen LogP contribution in [0.1, 0.15) is 29.5 Å². The molecule has 0 spiro atoms. The molecule has 20 heavy (non-hydrogen) atoms. The van der Waals surface area contributed by atoms with Crippen molar-refractivity contribution in [1.29, 1.82) is 0 Å². The van der Waals surface area contributed by atoms with Crippen molar-refractivity contribution in [2.45, 2.75) is 18.4 Å². The fourth-order valence-electron chi connectivity index (χ4n) is 3.58. The minimum atomic E-state index is -0.116. The summed E-state index contributed by atoms with van der Waals surface area (Å²) in [6.45, 7) is 0. The second kappa shape index (κ2) is 4.48. The average molecular weight is 265 g/mol. The smallest absolute Gasteiger partial charge is 0.128 e. The Morgan fingerprint density at radius 3 is 2.55 bits per heavy atom. The van der Waals surface area contributed by atoms with Gasteiger partial charge in [-0.1, -0.05) is 48.6 Å². The lowest BCUT2D eigenvalue weighted by Crippen LogP contribution is -2.29. The highest BCUT2D eigenvalue weighted by Crippen LogP contribution is 2.49. The minimum Gasteiger partial charge on any atom is -0.378 e. The summed E-state index contributed by atoms with van der Waals surface area (Å²) in [7, 11) is 0. The number of anilines is 1. The van der Waals surface area contributed by atoms with E-state index in [1.165, 1.54) is 5.56 Å². The van der Waals surface area contributed by atoms with E-state index < -0.39 is 0 Å². The van der Waals surface area contributed by atoms with Gasteiger partial charge in [-0.25, -0.2) is 4.39 Å². The molecule has 1 N–H and O–H groups in total. The largest absolute Gasteiger partial charge is 0.378 e. The zero-order chi connectivity index (χ0) is 13.5. The molecule has 1 heterocycles. The summed E-state index contributed by atoms with van der Waals surface area (Å²) in [5.41, 5.74) is 3.24. The van der Waals surface area contributed by atoms with E-state index in [2.05, 4.69) is 35.7 Å². The topological polar surface area (TPSA) is 12.0 Å². The summed E-state index contributed by atoms with van der Waals surface area (Å²) >= 11 is 0. The first kappa shape index (κ1) is 11.7. The van der Waals surface area contributed by atoms with Gasteiger partial charge in [0, 0.05) is 17.2 Å². The molecule has 2 aromatic carbocycles. The Morgan fingerprint density at radius 2 is 1.70 bits per heavy atom. The second-order valence-electron chi connectivity index (χ2n) is 5.58. The van der Waals surface area contributed by atoms with Crippen LogP contribution in [0, 0.1) is 11.7 Å². The van der Waals surface area contributed by atoms with Crippen LogP contribution in [-0.2, 0) is 0 Å². The number of hydrogen-bond donors (Lipinski definition) is 1. The van der Waals surface area contributed by atoms with Crippen molar-refractivity contribution in [3.63, 3.8) is 0 Å². The predicted molar refractivity (Wildman–Crippen MR) is 79.2 cm³/mol. The molecule has 1 aliphatic heterocycles. The van der Waals surface area contributed by atoms with Crippen molar-refractivity contribution in [3.8, 4) is 0 Å². The molecule has 100 valence electrons. The van der Waals surface area contributed by atoms with Crippen LogP contribution in [0.4, 0.5) is 10.1 Å². The molecule has 0 fully saturated rings. The van der Waals surface area contributed by atoms with Crippen LogP contribution >= 0.6 is 0 Å². The summed E-state index contributed by atoms with van der Waals surface area (Å²) < 4.78 is 14.1. The first-order valence-corrected chi connectivity index (χ1v) is 7.11. The maximum Gasteiger partial charge on any atom is 0.128 e. The molecular formula is C18H16FN. The van der Waals surface area contributed by atoms with E-state index >= 15 is 0 Å². The van der Waals surface area contributed by atoms with E-state index in [9.17, 15) is 4.39 Å². The summed E-state index contributed by atoms with van der Waals surface area (Å²) in [4.78, 5) is 0. The normalized spacial score (nSPS) is 26.8. The Hall–Kier alpha value is -2.09. The summed E-state index contributed by atoms with van der Waals surface area (Å²) in [6, 6.07) is 15.5. The van der Waals surface area contributed by atoms with Crippen LogP contribution in [0.2, 0.25) is 0 Å². The molecular weight excluding hydrogens is 249 g/mol.